The van der Waals surface area contributed by atoms with Crippen molar-refractivity contribution in [3.63, 3.8) is 0 Å². The maximum atomic E-state index is 5.71. The fourth-order valence-corrected chi connectivity index (χ4v) is 2.04. The predicted molar refractivity (Wildman–Crippen MR) is 71.2 cm³/mol. The molecule has 1 aromatic carbocycles. The van der Waals surface area contributed by atoms with E-state index in [1.165, 1.54) is 0 Å². The van der Waals surface area contributed by atoms with Gasteiger partial charge in [-0.1, -0.05) is 35.5 Å². The quantitative estimate of drug-likeness (QED) is 0.773. The van der Waals surface area contributed by atoms with Crippen LogP contribution in [-0.4, -0.2) is 15.0 Å². The van der Waals surface area contributed by atoms with Gasteiger partial charge in [0.2, 0.25) is 0 Å². The van der Waals surface area contributed by atoms with Crippen LogP contribution in [0.2, 0.25) is 0 Å². The number of benzene rings is 1. The minimum Gasteiger partial charge on any atom is -0.463 e. The van der Waals surface area contributed by atoms with Crippen LogP contribution in [-0.2, 0) is 13.1 Å². The summed E-state index contributed by atoms with van der Waals surface area (Å²) in [6.07, 6.45) is 1.63. The van der Waals surface area contributed by atoms with Gasteiger partial charge in [-0.05, 0) is 17.7 Å². The van der Waals surface area contributed by atoms with Crippen molar-refractivity contribution >= 4 is 0 Å². The zero-order valence-corrected chi connectivity index (χ0v) is 10.4. The van der Waals surface area contributed by atoms with E-state index in [2.05, 4.69) is 22.4 Å². The van der Waals surface area contributed by atoms with Crippen molar-refractivity contribution in [2.24, 2.45) is 5.73 Å². The van der Waals surface area contributed by atoms with E-state index in [0.717, 1.165) is 22.7 Å². The van der Waals surface area contributed by atoms with Crippen molar-refractivity contribution in [1.82, 2.24) is 15.0 Å². The zero-order valence-electron chi connectivity index (χ0n) is 10.4. The molecule has 3 rings (SSSR count). The molecule has 19 heavy (non-hydrogen) atoms. The van der Waals surface area contributed by atoms with E-state index in [1.54, 1.807) is 6.26 Å². The molecule has 0 bridgehead atoms. The van der Waals surface area contributed by atoms with Crippen molar-refractivity contribution in [2.75, 3.05) is 0 Å². The first-order valence-corrected chi connectivity index (χ1v) is 6.08. The van der Waals surface area contributed by atoms with Gasteiger partial charge in [0.05, 0.1) is 12.8 Å². The van der Waals surface area contributed by atoms with Crippen molar-refractivity contribution in [2.45, 2.75) is 13.1 Å². The van der Waals surface area contributed by atoms with Gasteiger partial charge in [-0.3, -0.25) is 0 Å². The normalized spacial score (nSPS) is 10.8. The van der Waals surface area contributed by atoms with Gasteiger partial charge in [0.1, 0.15) is 11.4 Å². The molecule has 0 fully saturated rings. The molecule has 2 heterocycles. The molecule has 96 valence electrons. The van der Waals surface area contributed by atoms with E-state index >= 15 is 0 Å². The third-order valence-electron chi connectivity index (χ3n) is 2.93. The molecule has 0 amide bonds. The molecule has 0 spiro atoms. The van der Waals surface area contributed by atoms with Crippen molar-refractivity contribution in [1.29, 1.82) is 0 Å². The lowest BCUT2D eigenvalue weighted by Gasteiger charge is -2.05. The van der Waals surface area contributed by atoms with Crippen LogP contribution in [0.1, 0.15) is 11.3 Å². The molecule has 0 unspecified atom stereocenters. The molecule has 2 aromatic heterocycles. The lowest BCUT2D eigenvalue weighted by molar-refractivity contribution is 0.565. The summed E-state index contributed by atoms with van der Waals surface area (Å²) in [6, 6.07) is 13.8. The predicted octanol–water partition coefficient (Wildman–Crippen LogP) is 2.05. The molecule has 0 atom stereocenters. The Balaban J connectivity index is 2.00. The molecule has 3 aromatic rings. The summed E-state index contributed by atoms with van der Waals surface area (Å²) < 4.78 is 7.26. The standard InChI is InChI=1S/C14H14N4O/c15-9-12-14(13-7-4-8-19-13)18(17-16-12)10-11-5-2-1-3-6-11/h1-8H,9-10,15H2. The average molecular weight is 254 g/mol. The number of aromatic nitrogens is 3. The first-order valence-electron chi connectivity index (χ1n) is 6.08. The maximum absolute atomic E-state index is 5.71. The highest BCUT2D eigenvalue weighted by Crippen LogP contribution is 2.23. The number of rotatable bonds is 4. The van der Waals surface area contributed by atoms with Crippen LogP contribution in [0, 0.1) is 0 Å². The highest BCUT2D eigenvalue weighted by Gasteiger charge is 2.16. The second-order valence-corrected chi connectivity index (χ2v) is 4.21. The molecule has 0 aliphatic rings. The molecule has 2 N–H and O–H groups in total. The molecular weight excluding hydrogens is 240 g/mol. The molecule has 0 aliphatic carbocycles. The Morgan fingerprint density at radius 2 is 1.95 bits per heavy atom. The Bertz CT molecular complexity index is 643. The van der Waals surface area contributed by atoms with Crippen molar-refractivity contribution < 1.29 is 4.42 Å². The third-order valence-corrected chi connectivity index (χ3v) is 2.93. The summed E-state index contributed by atoms with van der Waals surface area (Å²) in [5.41, 5.74) is 8.45. The minimum atomic E-state index is 0.338. The van der Waals surface area contributed by atoms with Crippen LogP contribution < -0.4 is 5.73 Å². The SMILES string of the molecule is NCc1nnn(Cc2ccccc2)c1-c1ccco1. The van der Waals surface area contributed by atoms with Crippen LogP contribution in [0.15, 0.2) is 53.1 Å². The van der Waals surface area contributed by atoms with Crippen LogP contribution in [0.3, 0.4) is 0 Å². The lowest BCUT2D eigenvalue weighted by Crippen LogP contribution is -2.05. The smallest absolute Gasteiger partial charge is 0.153 e. The number of hydrogen-bond donors (Lipinski definition) is 1. The van der Waals surface area contributed by atoms with Gasteiger partial charge in [0.15, 0.2) is 5.76 Å². The minimum absolute atomic E-state index is 0.338. The second kappa shape index (κ2) is 5.07. The maximum Gasteiger partial charge on any atom is 0.153 e. The molecular formula is C14H14N4O. The third kappa shape index (κ3) is 2.28. The monoisotopic (exact) mass is 254 g/mol. The second-order valence-electron chi connectivity index (χ2n) is 4.21. The fraction of sp³-hybridized carbons (Fsp3) is 0.143. The van der Waals surface area contributed by atoms with Gasteiger partial charge in [-0.25, -0.2) is 4.68 Å². The number of nitrogens with zero attached hydrogens (tertiary/aromatic N) is 3. The summed E-state index contributed by atoms with van der Waals surface area (Å²) in [4.78, 5) is 0. The summed E-state index contributed by atoms with van der Waals surface area (Å²) >= 11 is 0. The number of nitrogens with two attached hydrogens (primary N) is 1. The topological polar surface area (TPSA) is 69.9 Å². The highest BCUT2D eigenvalue weighted by molar-refractivity contribution is 5.55. The van der Waals surface area contributed by atoms with Gasteiger partial charge >= 0.3 is 0 Å². The Kier molecular flexibility index (Phi) is 3.12. The van der Waals surface area contributed by atoms with Crippen LogP contribution in [0.5, 0.6) is 0 Å². The van der Waals surface area contributed by atoms with Crippen molar-refractivity contribution in [3.8, 4) is 11.5 Å². The molecule has 0 saturated carbocycles. The Morgan fingerprint density at radius 3 is 2.63 bits per heavy atom. The fourth-order valence-electron chi connectivity index (χ4n) is 2.04. The van der Waals surface area contributed by atoms with Gasteiger partial charge in [0, 0.05) is 6.54 Å². The molecule has 5 heteroatoms. The summed E-state index contributed by atoms with van der Waals surface area (Å²) in [7, 11) is 0. The van der Waals surface area contributed by atoms with Gasteiger partial charge in [-0.2, -0.15) is 0 Å². The zero-order chi connectivity index (χ0) is 13.1. The van der Waals surface area contributed by atoms with E-state index in [9.17, 15) is 0 Å². The Hall–Kier alpha value is -2.40. The molecule has 0 saturated heterocycles. The molecule has 0 aliphatic heterocycles. The summed E-state index contributed by atoms with van der Waals surface area (Å²) in [5.74, 6) is 0.737. The Morgan fingerprint density at radius 1 is 1.11 bits per heavy atom. The summed E-state index contributed by atoms with van der Waals surface area (Å²) in [5, 5.41) is 8.28. The van der Waals surface area contributed by atoms with Gasteiger partial charge in [0.25, 0.3) is 0 Å². The van der Waals surface area contributed by atoms with Crippen LogP contribution >= 0.6 is 0 Å². The van der Waals surface area contributed by atoms with E-state index in [-0.39, 0.29) is 0 Å². The largest absolute Gasteiger partial charge is 0.463 e. The van der Waals surface area contributed by atoms with Crippen LogP contribution in [0.25, 0.3) is 11.5 Å². The van der Waals surface area contributed by atoms with Crippen LogP contribution in [0.4, 0.5) is 0 Å². The molecule has 0 radical (unpaired) electrons. The van der Waals surface area contributed by atoms with E-state index in [1.807, 2.05) is 35.0 Å². The number of furan rings is 1. The first-order chi connectivity index (χ1) is 9.38. The van der Waals surface area contributed by atoms with Gasteiger partial charge in [-0.15, -0.1) is 5.10 Å². The molecule has 5 nitrogen and oxygen atoms in total. The van der Waals surface area contributed by atoms with E-state index in [0.29, 0.717) is 13.1 Å². The van der Waals surface area contributed by atoms with Crippen molar-refractivity contribution in [3.05, 3.63) is 60.0 Å². The highest BCUT2D eigenvalue weighted by atomic mass is 16.3. The lowest BCUT2D eigenvalue weighted by atomic mass is 10.2. The number of hydrogen-bond acceptors (Lipinski definition) is 4. The van der Waals surface area contributed by atoms with Gasteiger partial charge < -0.3 is 10.2 Å². The van der Waals surface area contributed by atoms with E-state index in [4.69, 9.17) is 10.2 Å². The first kappa shape index (κ1) is 11.7. The van der Waals surface area contributed by atoms with E-state index < -0.39 is 0 Å². The Labute approximate surface area is 110 Å². The average Bonchev–Trinajstić information content (AvgIpc) is 3.08. The summed E-state index contributed by atoms with van der Waals surface area (Å²) in [6.45, 7) is 0.981.